The summed E-state index contributed by atoms with van der Waals surface area (Å²) < 4.78 is 5.20. The van der Waals surface area contributed by atoms with Gasteiger partial charge in [-0.15, -0.1) is 0 Å². The summed E-state index contributed by atoms with van der Waals surface area (Å²) in [5.41, 5.74) is 5.96. The van der Waals surface area contributed by atoms with Gasteiger partial charge in [0.25, 0.3) is 0 Å². The quantitative estimate of drug-likeness (QED) is 0.706. The van der Waals surface area contributed by atoms with Gasteiger partial charge in [-0.2, -0.15) is 0 Å². The molecule has 1 aliphatic heterocycles. The van der Waals surface area contributed by atoms with Gasteiger partial charge in [0.05, 0.1) is 13.2 Å². The fourth-order valence-electron chi connectivity index (χ4n) is 2.42. The highest BCUT2D eigenvalue weighted by Gasteiger charge is 2.25. The van der Waals surface area contributed by atoms with Crippen molar-refractivity contribution in [3.05, 3.63) is 0 Å². The van der Waals surface area contributed by atoms with Gasteiger partial charge in [0.15, 0.2) is 0 Å². The largest absolute Gasteiger partial charge is 0.378 e. The molecule has 1 heterocycles. The number of carbonyl (C=O) groups excluding carboxylic acids is 1. The lowest BCUT2D eigenvalue weighted by Crippen LogP contribution is -2.48. The zero-order valence-corrected chi connectivity index (χ0v) is 9.65. The minimum Gasteiger partial charge on any atom is -0.378 e. The van der Waals surface area contributed by atoms with Crippen molar-refractivity contribution in [1.82, 2.24) is 10.2 Å². The number of carbonyl (C=O) groups is 1. The fraction of sp³-hybridized carbons (Fsp3) is 0.909. The van der Waals surface area contributed by atoms with Gasteiger partial charge < -0.3 is 20.7 Å². The Hall–Kier alpha value is -0.810. The van der Waals surface area contributed by atoms with Crippen LogP contribution in [0.5, 0.6) is 0 Å². The van der Waals surface area contributed by atoms with Gasteiger partial charge in [0.2, 0.25) is 0 Å². The summed E-state index contributed by atoms with van der Waals surface area (Å²) in [5, 5.41) is 2.98. The topological polar surface area (TPSA) is 67.6 Å². The van der Waals surface area contributed by atoms with Crippen LogP contribution >= 0.6 is 0 Å². The van der Waals surface area contributed by atoms with Gasteiger partial charge in [0, 0.05) is 25.7 Å². The molecular formula is C11H21N3O2. The number of rotatable bonds is 2. The summed E-state index contributed by atoms with van der Waals surface area (Å²) in [5.74, 6) is 0.463. The van der Waals surface area contributed by atoms with Crippen molar-refractivity contribution >= 4 is 6.03 Å². The summed E-state index contributed by atoms with van der Waals surface area (Å²) in [4.78, 5) is 13.6. The molecule has 92 valence electrons. The summed E-state index contributed by atoms with van der Waals surface area (Å²) in [6.45, 7) is 3.41. The lowest BCUT2D eigenvalue weighted by Gasteiger charge is -2.27. The molecule has 0 aromatic carbocycles. The molecule has 2 unspecified atom stereocenters. The molecule has 2 atom stereocenters. The number of nitrogens with zero attached hydrogens (tertiary/aromatic N) is 1. The van der Waals surface area contributed by atoms with Crippen molar-refractivity contribution in [1.29, 1.82) is 0 Å². The SMILES string of the molecule is NC1CCCC1CNC(=O)N1CCOCC1. The molecule has 0 aromatic heterocycles. The van der Waals surface area contributed by atoms with Crippen molar-refractivity contribution < 1.29 is 9.53 Å². The highest BCUT2D eigenvalue weighted by atomic mass is 16.5. The molecule has 2 amide bonds. The van der Waals surface area contributed by atoms with Gasteiger partial charge in [-0.1, -0.05) is 6.42 Å². The van der Waals surface area contributed by atoms with E-state index in [1.807, 2.05) is 4.90 Å². The van der Waals surface area contributed by atoms with Crippen molar-refractivity contribution in [2.75, 3.05) is 32.8 Å². The molecule has 2 rings (SSSR count). The van der Waals surface area contributed by atoms with Crippen molar-refractivity contribution in [3.63, 3.8) is 0 Å². The van der Waals surface area contributed by atoms with Crippen LogP contribution in [0.15, 0.2) is 0 Å². The third kappa shape index (κ3) is 2.86. The number of urea groups is 1. The summed E-state index contributed by atoms with van der Waals surface area (Å²) in [6, 6.07) is 0.299. The number of nitrogens with one attached hydrogen (secondary N) is 1. The summed E-state index contributed by atoms with van der Waals surface area (Å²) in [6.07, 6.45) is 3.43. The average molecular weight is 227 g/mol. The molecule has 5 nitrogen and oxygen atoms in total. The minimum absolute atomic E-state index is 0.0300. The van der Waals surface area contributed by atoms with Gasteiger partial charge in [-0.05, 0) is 18.8 Å². The van der Waals surface area contributed by atoms with Crippen LogP contribution in [0, 0.1) is 5.92 Å². The standard InChI is InChI=1S/C11H21N3O2/c12-10-3-1-2-9(10)8-13-11(15)14-4-6-16-7-5-14/h9-10H,1-8,12H2,(H,13,15). The predicted molar refractivity (Wildman–Crippen MR) is 61.1 cm³/mol. The first-order chi connectivity index (χ1) is 7.77. The Morgan fingerprint density at radius 3 is 2.75 bits per heavy atom. The lowest BCUT2D eigenvalue weighted by molar-refractivity contribution is 0.0530. The van der Waals surface area contributed by atoms with E-state index >= 15 is 0 Å². The molecule has 0 spiro atoms. The molecule has 2 fully saturated rings. The third-order valence-corrected chi connectivity index (χ3v) is 3.53. The fourth-order valence-corrected chi connectivity index (χ4v) is 2.42. The molecule has 2 aliphatic rings. The first-order valence-corrected chi connectivity index (χ1v) is 6.13. The normalized spacial score (nSPS) is 30.4. The van der Waals surface area contributed by atoms with Crippen molar-refractivity contribution in [3.8, 4) is 0 Å². The van der Waals surface area contributed by atoms with Crippen molar-refractivity contribution in [2.24, 2.45) is 11.7 Å². The van der Waals surface area contributed by atoms with E-state index in [0.717, 1.165) is 19.4 Å². The molecule has 16 heavy (non-hydrogen) atoms. The van der Waals surface area contributed by atoms with Crippen LogP contribution in [0.4, 0.5) is 4.79 Å². The summed E-state index contributed by atoms with van der Waals surface area (Å²) in [7, 11) is 0. The van der Waals surface area contributed by atoms with Crippen LogP contribution in [-0.2, 0) is 4.74 Å². The maximum Gasteiger partial charge on any atom is 0.317 e. The second kappa shape index (κ2) is 5.50. The highest BCUT2D eigenvalue weighted by molar-refractivity contribution is 5.74. The molecule has 0 bridgehead atoms. The Labute approximate surface area is 96.3 Å². The van der Waals surface area contributed by atoms with Gasteiger partial charge >= 0.3 is 6.03 Å². The maximum absolute atomic E-state index is 11.8. The Balaban J connectivity index is 1.70. The molecule has 1 saturated heterocycles. The van der Waals surface area contributed by atoms with Gasteiger partial charge in [-0.3, -0.25) is 0 Å². The number of morpholine rings is 1. The maximum atomic E-state index is 11.8. The number of hydrogen-bond acceptors (Lipinski definition) is 3. The van der Waals surface area contributed by atoms with Crippen LogP contribution < -0.4 is 11.1 Å². The molecule has 0 aromatic rings. The Kier molecular flexibility index (Phi) is 4.01. The van der Waals surface area contributed by atoms with E-state index in [4.69, 9.17) is 10.5 Å². The summed E-state index contributed by atoms with van der Waals surface area (Å²) >= 11 is 0. The van der Waals surface area contributed by atoms with E-state index in [0.29, 0.717) is 32.2 Å². The van der Waals surface area contributed by atoms with Crippen LogP contribution in [0.1, 0.15) is 19.3 Å². The highest BCUT2D eigenvalue weighted by Crippen LogP contribution is 2.22. The minimum atomic E-state index is 0.0300. The van der Waals surface area contributed by atoms with E-state index in [1.165, 1.54) is 6.42 Å². The number of ether oxygens (including phenoxy) is 1. The van der Waals surface area contributed by atoms with E-state index in [1.54, 1.807) is 0 Å². The second-order valence-corrected chi connectivity index (χ2v) is 4.64. The zero-order valence-electron chi connectivity index (χ0n) is 9.65. The van der Waals surface area contributed by atoms with Gasteiger partial charge in [-0.25, -0.2) is 4.79 Å². The molecule has 1 aliphatic carbocycles. The van der Waals surface area contributed by atoms with Gasteiger partial charge in [0.1, 0.15) is 0 Å². The van der Waals surface area contributed by atoms with Crippen LogP contribution in [-0.4, -0.2) is 49.8 Å². The number of amides is 2. The van der Waals surface area contributed by atoms with E-state index in [9.17, 15) is 4.79 Å². The number of hydrogen-bond donors (Lipinski definition) is 2. The Bertz CT molecular complexity index is 241. The smallest absolute Gasteiger partial charge is 0.317 e. The molecule has 3 N–H and O–H groups in total. The first kappa shape index (κ1) is 11.7. The van der Waals surface area contributed by atoms with Crippen LogP contribution in [0.3, 0.4) is 0 Å². The molecular weight excluding hydrogens is 206 g/mol. The third-order valence-electron chi connectivity index (χ3n) is 3.53. The molecule has 5 heteroatoms. The second-order valence-electron chi connectivity index (χ2n) is 4.64. The lowest BCUT2D eigenvalue weighted by atomic mass is 10.1. The zero-order chi connectivity index (χ0) is 11.4. The van der Waals surface area contributed by atoms with Crippen molar-refractivity contribution in [2.45, 2.75) is 25.3 Å². The Morgan fingerprint density at radius 1 is 1.38 bits per heavy atom. The van der Waals surface area contributed by atoms with E-state index in [-0.39, 0.29) is 12.1 Å². The van der Waals surface area contributed by atoms with E-state index in [2.05, 4.69) is 5.32 Å². The predicted octanol–water partition coefficient (Wildman–Crippen LogP) is 0.156. The first-order valence-electron chi connectivity index (χ1n) is 6.13. The van der Waals surface area contributed by atoms with E-state index < -0.39 is 0 Å². The van der Waals surface area contributed by atoms with Crippen LogP contribution in [0.25, 0.3) is 0 Å². The molecule has 0 radical (unpaired) electrons. The monoisotopic (exact) mass is 227 g/mol. The number of nitrogens with two attached hydrogens (primary N) is 1. The Morgan fingerprint density at radius 2 is 2.12 bits per heavy atom. The van der Waals surface area contributed by atoms with Crippen LogP contribution in [0.2, 0.25) is 0 Å². The molecule has 1 saturated carbocycles. The average Bonchev–Trinajstić information content (AvgIpc) is 2.73.